The van der Waals surface area contributed by atoms with Gasteiger partial charge in [-0.3, -0.25) is 0 Å². The fourth-order valence-electron chi connectivity index (χ4n) is 6.46. The second-order valence-electron chi connectivity index (χ2n) is 12.3. The van der Waals surface area contributed by atoms with E-state index in [0.29, 0.717) is 0 Å². The zero-order chi connectivity index (χ0) is 33.5. The van der Waals surface area contributed by atoms with Crippen LogP contribution in [0.15, 0.2) is 206 Å². The molecule has 50 heavy (non-hydrogen) atoms. The van der Waals surface area contributed by atoms with Gasteiger partial charge < -0.3 is 9.80 Å². The minimum Gasteiger partial charge on any atom is -0.311 e. The first kappa shape index (κ1) is 30.7. The molecule has 8 aromatic rings. The highest BCUT2D eigenvalue weighted by molar-refractivity contribution is 5.89. The maximum absolute atomic E-state index is 2.31. The number of hydrogen-bond donors (Lipinski definition) is 0. The molecule has 238 valence electrons. The van der Waals surface area contributed by atoms with E-state index in [9.17, 15) is 0 Å². The van der Waals surface area contributed by atoms with E-state index >= 15 is 0 Å². The molecule has 2 heteroatoms. The van der Waals surface area contributed by atoms with E-state index in [1.807, 2.05) is 0 Å². The average Bonchev–Trinajstić information content (AvgIpc) is 3.20. The van der Waals surface area contributed by atoms with Crippen molar-refractivity contribution in [3.8, 4) is 11.1 Å². The molecule has 0 saturated carbocycles. The molecule has 2 nitrogen and oxygen atoms in total. The smallest absolute Gasteiger partial charge is 0.0468 e. The van der Waals surface area contributed by atoms with Crippen molar-refractivity contribution in [1.29, 1.82) is 0 Å². The van der Waals surface area contributed by atoms with Crippen molar-refractivity contribution in [3.63, 3.8) is 0 Å². The highest BCUT2D eigenvalue weighted by Gasteiger charge is 2.14. The molecule has 8 aromatic carbocycles. The molecule has 0 bridgehead atoms. The van der Waals surface area contributed by atoms with Crippen LogP contribution < -0.4 is 9.80 Å². The van der Waals surface area contributed by atoms with Gasteiger partial charge in [0, 0.05) is 34.1 Å². The van der Waals surface area contributed by atoms with Gasteiger partial charge in [-0.1, -0.05) is 146 Å². The maximum atomic E-state index is 2.31. The lowest BCUT2D eigenvalue weighted by Gasteiger charge is -2.26. The first-order valence-electron chi connectivity index (χ1n) is 17.0. The lowest BCUT2D eigenvalue weighted by atomic mass is 10.0. The Kier molecular flexibility index (Phi) is 8.73. The molecular weight excluding hydrogens is 605 g/mol. The largest absolute Gasteiger partial charge is 0.311 e. The highest BCUT2D eigenvalue weighted by Crippen LogP contribution is 2.37. The molecule has 8 rings (SSSR count). The van der Waals surface area contributed by atoms with Crippen LogP contribution in [0.1, 0.15) is 11.1 Å². The number of fused-ring (bicyclic) bond motifs is 1. The standard InChI is InChI=1S/C48H36N2/c1-4-12-39(13-5-1)41-26-33-47(34-27-41)49(43-16-6-2-7-17-43)45-29-22-37(23-30-45)20-21-38-24-31-46(32-25-38)50(44-18-8-3-9-19-44)48-35-28-40-14-10-11-15-42(40)36-48/h1-36H. The molecule has 0 fully saturated rings. The van der Waals surface area contributed by atoms with Crippen LogP contribution in [0, 0.1) is 0 Å². The van der Waals surface area contributed by atoms with Crippen LogP contribution in [0.2, 0.25) is 0 Å². The van der Waals surface area contributed by atoms with Gasteiger partial charge in [0.2, 0.25) is 0 Å². The third-order valence-electron chi connectivity index (χ3n) is 9.02. The fraction of sp³-hybridized carbons (Fsp3) is 0. The molecule has 0 heterocycles. The Hall–Kier alpha value is -6.64. The summed E-state index contributed by atoms with van der Waals surface area (Å²) in [6.45, 7) is 0. The van der Waals surface area contributed by atoms with Gasteiger partial charge >= 0.3 is 0 Å². The second kappa shape index (κ2) is 14.2. The average molecular weight is 641 g/mol. The summed E-state index contributed by atoms with van der Waals surface area (Å²) in [5.74, 6) is 0. The van der Waals surface area contributed by atoms with Gasteiger partial charge in [-0.25, -0.2) is 0 Å². The number of benzene rings is 8. The zero-order valence-corrected chi connectivity index (χ0v) is 27.7. The van der Waals surface area contributed by atoms with Crippen molar-refractivity contribution in [1.82, 2.24) is 0 Å². The summed E-state index contributed by atoms with van der Waals surface area (Å²) in [5, 5.41) is 2.47. The summed E-state index contributed by atoms with van der Waals surface area (Å²) >= 11 is 0. The highest BCUT2D eigenvalue weighted by atomic mass is 15.1. The topological polar surface area (TPSA) is 6.48 Å². The molecule has 0 aliphatic heterocycles. The normalized spacial score (nSPS) is 11.1. The van der Waals surface area contributed by atoms with Gasteiger partial charge in [0.15, 0.2) is 0 Å². The van der Waals surface area contributed by atoms with E-state index in [0.717, 1.165) is 45.3 Å². The lowest BCUT2D eigenvalue weighted by Crippen LogP contribution is -2.09. The Morgan fingerprint density at radius 1 is 0.260 bits per heavy atom. The predicted molar refractivity (Wildman–Crippen MR) is 214 cm³/mol. The SMILES string of the molecule is C(=Cc1ccc(N(c2ccccc2)c2ccc3ccccc3c2)cc1)c1ccc(N(c2ccccc2)c2ccc(-c3ccccc3)cc2)cc1. The van der Waals surface area contributed by atoms with E-state index in [1.165, 1.54) is 21.9 Å². The number of anilines is 6. The molecule has 0 spiro atoms. The quantitative estimate of drug-likeness (QED) is 0.145. The van der Waals surface area contributed by atoms with Gasteiger partial charge in [-0.2, -0.15) is 0 Å². The summed E-state index contributed by atoms with van der Waals surface area (Å²) in [6, 6.07) is 73.1. The Morgan fingerprint density at radius 2 is 0.620 bits per heavy atom. The number of hydrogen-bond acceptors (Lipinski definition) is 2. The van der Waals surface area contributed by atoms with Crippen LogP contribution in [0.25, 0.3) is 34.1 Å². The van der Waals surface area contributed by atoms with E-state index in [4.69, 9.17) is 0 Å². The summed E-state index contributed by atoms with van der Waals surface area (Å²) < 4.78 is 0. The van der Waals surface area contributed by atoms with Gasteiger partial charge in [0.05, 0.1) is 0 Å². The van der Waals surface area contributed by atoms with Crippen molar-refractivity contribution < 1.29 is 0 Å². The van der Waals surface area contributed by atoms with E-state index in [-0.39, 0.29) is 0 Å². The molecule has 0 amide bonds. The minimum atomic E-state index is 1.11. The molecule has 0 unspecified atom stereocenters. The number of nitrogens with zero attached hydrogens (tertiary/aromatic N) is 2. The van der Waals surface area contributed by atoms with Crippen LogP contribution in [0.4, 0.5) is 34.1 Å². The number of para-hydroxylation sites is 2. The first-order chi connectivity index (χ1) is 24.8. The van der Waals surface area contributed by atoms with Gasteiger partial charge in [-0.15, -0.1) is 0 Å². The molecular formula is C48H36N2. The van der Waals surface area contributed by atoms with Crippen molar-refractivity contribution in [2.75, 3.05) is 9.80 Å². The Bertz CT molecular complexity index is 2330. The summed E-state index contributed by atoms with van der Waals surface area (Å²) in [4.78, 5) is 4.61. The molecule has 0 aromatic heterocycles. The second-order valence-corrected chi connectivity index (χ2v) is 12.3. The molecule has 0 saturated heterocycles. The lowest BCUT2D eigenvalue weighted by molar-refractivity contribution is 1.28. The molecule has 0 atom stereocenters. The Morgan fingerprint density at radius 3 is 1.14 bits per heavy atom. The van der Waals surface area contributed by atoms with Crippen molar-refractivity contribution in [3.05, 3.63) is 217 Å². The van der Waals surface area contributed by atoms with Crippen LogP contribution >= 0.6 is 0 Å². The Balaban J connectivity index is 1.03. The molecule has 0 aliphatic carbocycles. The third kappa shape index (κ3) is 6.69. The number of rotatable bonds is 9. The van der Waals surface area contributed by atoms with Gasteiger partial charge in [-0.05, 0) is 106 Å². The van der Waals surface area contributed by atoms with Gasteiger partial charge in [0.1, 0.15) is 0 Å². The predicted octanol–water partition coefficient (Wildman–Crippen LogP) is 13.6. The Labute approximate surface area is 294 Å². The third-order valence-corrected chi connectivity index (χ3v) is 9.02. The van der Waals surface area contributed by atoms with E-state index in [2.05, 4.69) is 228 Å². The summed E-state index contributed by atoms with van der Waals surface area (Å²) in [5.41, 5.74) is 11.4. The van der Waals surface area contributed by atoms with Crippen molar-refractivity contribution in [2.24, 2.45) is 0 Å². The first-order valence-corrected chi connectivity index (χ1v) is 17.0. The maximum Gasteiger partial charge on any atom is 0.0468 e. The van der Waals surface area contributed by atoms with Crippen LogP contribution in [-0.2, 0) is 0 Å². The molecule has 0 N–H and O–H groups in total. The summed E-state index contributed by atoms with van der Waals surface area (Å²) in [6.07, 6.45) is 4.36. The molecule has 0 aliphatic rings. The summed E-state index contributed by atoms with van der Waals surface area (Å²) in [7, 11) is 0. The minimum absolute atomic E-state index is 1.11. The fourth-order valence-corrected chi connectivity index (χ4v) is 6.46. The van der Waals surface area contributed by atoms with Crippen LogP contribution in [-0.4, -0.2) is 0 Å². The molecule has 0 radical (unpaired) electrons. The zero-order valence-electron chi connectivity index (χ0n) is 27.7. The van der Waals surface area contributed by atoms with Gasteiger partial charge in [0.25, 0.3) is 0 Å². The van der Waals surface area contributed by atoms with Crippen LogP contribution in [0.5, 0.6) is 0 Å². The van der Waals surface area contributed by atoms with Crippen molar-refractivity contribution in [2.45, 2.75) is 0 Å². The van der Waals surface area contributed by atoms with Crippen molar-refractivity contribution >= 4 is 57.0 Å². The van der Waals surface area contributed by atoms with E-state index in [1.54, 1.807) is 0 Å². The van der Waals surface area contributed by atoms with E-state index < -0.39 is 0 Å². The van der Waals surface area contributed by atoms with Crippen LogP contribution in [0.3, 0.4) is 0 Å². The monoisotopic (exact) mass is 640 g/mol.